The number of hydrogen-bond donors (Lipinski definition) is 0. The van der Waals surface area contributed by atoms with Gasteiger partial charge in [0.05, 0.1) is 0 Å². The van der Waals surface area contributed by atoms with Gasteiger partial charge in [-0.1, -0.05) is 206 Å². The Labute approximate surface area is 341 Å². The van der Waals surface area contributed by atoms with E-state index in [0.717, 1.165) is 6.42 Å². The third-order valence-corrected chi connectivity index (χ3v) is 12.7. The normalized spacial score (nSPS) is 17.9. The summed E-state index contributed by atoms with van der Waals surface area (Å²) in [5, 5.41) is 2.65. The minimum atomic E-state index is 0.122. The lowest BCUT2D eigenvalue weighted by atomic mass is 9.75. The zero-order valence-corrected chi connectivity index (χ0v) is 32.3. The molecule has 0 aliphatic heterocycles. The number of hydrogen-bond acceptors (Lipinski definition) is 0. The van der Waals surface area contributed by atoms with Gasteiger partial charge in [-0.05, 0) is 124 Å². The molecule has 3 atom stereocenters. The third-order valence-electron chi connectivity index (χ3n) is 12.7. The molecule has 274 valence electrons. The average Bonchev–Trinajstić information content (AvgIpc) is 3.87. The van der Waals surface area contributed by atoms with Crippen molar-refractivity contribution in [1.29, 1.82) is 0 Å². The van der Waals surface area contributed by atoms with Crippen LogP contribution in [0.2, 0.25) is 0 Å². The van der Waals surface area contributed by atoms with Crippen LogP contribution in [0, 0.1) is 5.92 Å². The smallest absolute Gasteiger partial charge is 0.0364 e. The van der Waals surface area contributed by atoms with Crippen LogP contribution in [0.5, 0.6) is 0 Å². The molecule has 3 aliphatic carbocycles. The predicted octanol–water partition coefficient (Wildman–Crippen LogP) is 12.7. The summed E-state index contributed by atoms with van der Waals surface area (Å²) < 4.78 is 0. The zero-order chi connectivity index (χ0) is 38.4. The van der Waals surface area contributed by atoms with E-state index in [9.17, 15) is 0 Å². The topological polar surface area (TPSA) is 0 Å². The molecule has 0 amide bonds. The fourth-order valence-electron chi connectivity index (χ4n) is 10.1. The lowest BCUT2D eigenvalue weighted by molar-refractivity contribution is 0.657. The lowest BCUT2D eigenvalue weighted by Crippen LogP contribution is -2.23. The summed E-state index contributed by atoms with van der Waals surface area (Å²) in [6.45, 7) is 0. The number of allylic oxidation sites excluding steroid dienone is 4. The van der Waals surface area contributed by atoms with Gasteiger partial charge in [0.25, 0.3) is 0 Å². The van der Waals surface area contributed by atoms with Crippen molar-refractivity contribution >= 4 is 22.3 Å². The molecule has 0 saturated heterocycles. The molecule has 11 rings (SSSR count). The molecule has 0 radical (unpaired) electrons. The molecule has 0 bridgehead atoms. The second-order valence-corrected chi connectivity index (χ2v) is 15.9. The minimum Gasteiger partial charge on any atom is -0.0622 e. The van der Waals surface area contributed by atoms with Crippen LogP contribution in [0.3, 0.4) is 0 Å². The molecular weight excluding hydrogens is 697 g/mol. The van der Waals surface area contributed by atoms with Gasteiger partial charge in [-0.25, -0.2) is 0 Å². The van der Waals surface area contributed by atoms with Gasteiger partial charge in [0.1, 0.15) is 0 Å². The fraction of sp³-hybridized carbons (Fsp3) is 0.0690. The zero-order valence-electron chi connectivity index (χ0n) is 32.3. The number of fused-ring (bicyclic) bond motifs is 3. The monoisotopic (exact) mass is 738 g/mol. The molecule has 3 aliphatic rings. The van der Waals surface area contributed by atoms with E-state index in [-0.39, 0.29) is 11.8 Å². The van der Waals surface area contributed by atoms with Gasteiger partial charge in [0.2, 0.25) is 0 Å². The maximum atomic E-state index is 2.48. The highest BCUT2D eigenvalue weighted by molar-refractivity contribution is 6.05. The van der Waals surface area contributed by atoms with Crippen LogP contribution >= 0.6 is 0 Å². The molecule has 8 aromatic rings. The Hall–Kier alpha value is -7.02. The molecule has 58 heavy (non-hydrogen) atoms. The van der Waals surface area contributed by atoms with E-state index in [1.165, 1.54) is 93.9 Å². The van der Waals surface area contributed by atoms with Crippen LogP contribution in [0.15, 0.2) is 224 Å². The highest BCUT2D eigenvalue weighted by Crippen LogP contribution is 2.51. The molecule has 0 heteroatoms. The van der Waals surface area contributed by atoms with E-state index in [4.69, 9.17) is 0 Å². The van der Waals surface area contributed by atoms with Crippen molar-refractivity contribution in [2.75, 3.05) is 0 Å². The summed E-state index contributed by atoms with van der Waals surface area (Å²) in [5.41, 5.74) is 20.0. The Morgan fingerprint density at radius 1 is 0.379 bits per heavy atom. The SMILES string of the molecule is C1=C(c2ccccc2)C=C(c2ccccc2)C2C1=c1ccccc1=C2c1cccc(-c2cccc(C3Cc4c(-c5ccccc5)cccc4C3c3ccccc3)c2)c1. The summed E-state index contributed by atoms with van der Waals surface area (Å²) >= 11 is 0. The van der Waals surface area contributed by atoms with Gasteiger partial charge in [-0.15, -0.1) is 0 Å². The first kappa shape index (κ1) is 34.2. The number of benzene rings is 8. The van der Waals surface area contributed by atoms with Crippen molar-refractivity contribution in [3.63, 3.8) is 0 Å². The molecule has 0 saturated carbocycles. The molecule has 0 fully saturated rings. The standard InChI is InChI=1S/C58H42/c1-5-18-39(19-6-1)47-36-52(41-22-9-3-10-23-41)58-55(37-47)49-30-13-14-31-50(49)57(58)46-29-16-27-44(35-46)43-26-15-28-45(34-43)53-38-54-48(40-20-7-2-8-21-40)32-17-33-51(54)56(53)42-24-11-4-12-25-42/h1-37,53,56,58H,38H2. The fourth-order valence-corrected chi connectivity index (χ4v) is 10.1. The van der Waals surface area contributed by atoms with E-state index >= 15 is 0 Å². The first-order valence-electron chi connectivity index (χ1n) is 20.6. The number of rotatable bonds is 7. The molecule has 0 N–H and O–H groups in total. The van der Waals surface area contributed by atoms with Crippen LogP contribution in [0.1, 0.15) is 50.8 Å². The maximum Gasteiger partial charge on any atom is 0.0364 e. The van der Waals surface area contributed by atoms with Crippen molar-refractivity contribution in [3.05, 3.63) is 274 Å². The van der Waals surface area contributed by atoms with Gasteiger partial charge < -0.3 is 0 Å². The largest absolute Gasteiger partial charge is 0.0622 e. The van der Waals surface area contributed by atoms with E-state index in [1.807, 2.05) is 0 Å². The quantitative estimate of drug-likeness (QED) is 0.153. The summed E-state index contributed by atoms with van der Waals surface area (Å²) in [6.07, 6.45) is 5.88. The van der Waals surface area contributed by atoms with Crippen LogP contribution in [-0.4, -0.2) is 0 Å². The molecule has 0 aromatic heterocycles. The van der Waals surface area contributed by atoms with Gasteiger partial charge in [-0.2, -0.15) is 0 Å². The van der Waals surface area contributed by atoms with Crippen LogP contribution in [-0.2, 0) is 6.42 Å². The third kappa shape index (κ3) is 5.92. The Kier molecular flexibility index (Phi) is 8.55. The minimum absolute atomic E-state index is 0.122. The van der Waals surface area contributed by atoms with Gasteiger partial charge >= 0.3 is 0 Å². The summed E-state index contributed by atoms with van der Waals surface area (Å²) in [4.78, 5) is 0. The Bertz CT molecular complexity index is 3010. The first-order chi connectivity index (χ1) is 28.8. The van der Waals surface area contributed by atoms with E-state index in [1.54, 1.807) is 0 Å². The Balaban J connectivity index is 1.02. The van der Waals surface area contributed by atoms with Crippen LogP contribution in [0.25, 0.3) is 44.5 Å². The summed E-state index contributed by atoms with van der Waals surface area (Å²) in [6, 6.07) is 78.6. The van der Waals surface area contributed by atoms with Crippen molar-refractivity contribution in [2.45, 2.75) is 18.3 Å². The van der Waals surface area contributed by atoms with E-state index < -0.39 is 0 Å². The molecule has 8 aromatic carbocycles. The predicted molar refractivity (Wildman–Crippen MR) is 242 cm³/mol. The van der Waals surface area contributed by atoms with Gasteiger partial charge in [-0.3, -0.25) is 0 Å². The Morgan fingerprint density at radius 2 is 0.931 bits per heavy atom. The van der Waals surface area contributed by atoms with Gasteiger partial charge in [0.15, 0.2) is 0 Å². The molecule has 0 spiro atoms. The summed E-state index contributed by atoms with van der Waals surface area (Å²) in [7, 11) is 0. The van der Waals surface area contributed by atoms with Crippen molar-refractivity contribution in [1.82, 2.24) is 0 Å². The van der Waals surface area contributed by atoms with Crippen LogP contribution in [0.4, 0.5) is 0 Å². The van der Waals surface area contributed by atoms with Gasteiger partial charge in [0, 0.05) is 11.8 Å². The molecule has 0 nitrogen and oxygen atoms in total. The van der Waals surface area contributed by atoms with Crippen molar-refractivity contribution in [2.24, 2.45) is 5.92 Å². The highest BCUT2D eigenvalue weighted by atomic mass is 14.4. The average molecular weight is 739 g/mol. The van der Waals surface area contributed by atoms with Crippen LogP contribution < -0.4 is 10.4 Å². The molecule has 3 unspecified atom stereocenters. The molecular formula is C58H42. The first-order valence-corrected chi connectivity index (χ1v) is 20.6. The van der Waals surface area contributed by atoms with E-state index in [0.29, 0.717) is 5.92 Å². The lowest BCUT2D eigenvalue weighted by Gasteiger charge is -2.27. The maximum absolute atomic E-state index is 2.48. The molecule has 0 heterocycles. The second-order valence-electron chi connectivity index (χ2n) is 15.9. The second kappa shape index (κ2) is 14.5. The van der Waals surface area contributed by atoms with E-state index in [2.05, 4.69) is 224 Å². The summed E-state index contributed by atoms with van der Waals surface area (Å²) in [5.74, 6) is 0.727. The van der Waals surface area contributed by atoms with Crippen molar-refractivity contribution < 1.29 is 0 Å². The van der Waals surface area contributed by atoms with Crippen molar-refractivity contribution in [3.8, 4) is 22.3 Å². The highest BCUT2D eigenvalue weighted by Gasteiger charge is 2.37. The Morgan fingerprint density at radius 3 is 1.67 bits per heavy atom.